The Kier molecular flexibility index (Phi) is 5.27. The molecule has 3 unspecified atom stereocenters. The summed E-state index contributed by atoms with van der Waals surface area (Å²) >= 11 is 0. The van der Waals surface area contributed by atoms with E-state index in [2.05, 4.69) is 18.7 Å². The number of nitrogens with two attached hydrogens (primary N) is 1. The maximum absolute atomic E-state index is 6.70. The normalized spacial score (nSPS) is 33.6. The molecule has 2 fully saturated rings. The lowest BCUT2D eigenvalue weighted by molar-refractivity contribution is 0.0790. The van der Waals surface area contributed by atoms with Gasteiger partial charge in [-0.15, -0.1) is 0 Å². The second-order valence-electron chi connectivity index (χ2n) is 7.11. The zero-order chi connectivity index (χ0) is 13.9. The minimum absolute atomic E-state index is 0.0363. The average molecular weight is 268 g/mol. The SMILES string of the molecule is COCCN(CC1(N)CCCC(C)C1)C(C)C1CC1. The van der Waals surface area contributed by atoms with Crippen LogP contribution in [0.4, 0.5) is 0 Å². The second kappa shape index (κ2) is 6.55. The van der Waals surface area contributed by atoms with Crippen molar-refractivity contribution in [2.24, 2.45) is 17.6 Å². The van der Waals surface area contributed by atoms with Crippen molar-refractivity contribution < 1.29 is 4.74 Å². The number of ether oxygens (including phenoxy) is 1. The van der Waals surface area contributed by atoms with E-state index >= 15 is 0 Å². The van der Waals surface area contributed by atoms with Crippen molar-refractivity contribution in [2.45, 2.75) is 64.0 Å². The lowest BCUT2D eigenvalue weighted by Crippen LogP contribution is -2.55. The molecule has 0 aromatic rings. The Bertz CT molecular complexity index is 280. The smallest absolute Gasteiger partial charge is 0.0589 e. The molecule has 2 aliphatic carbocycles. The first-order valence-corrected chi connectivity index (χ1v) is 8.06. The molecule has 112 valence electrons. The zero-order valence-electron chi connectivity index (χ0n) is 13.0. The Morgan fingerprint density at radius 3 is 2.68 bits per heavy atom. The second-order valence-corrected chi connectivity index (χ2v) is 7.11. The summed E-state index contributed by atoms with van der Waals surface area (Å²) in [5.74, 6) is 1.70. The van der Waals surface area contributed by atoms with Gasteiger partial charge in [0, 0.05) is 31.8 Å². The molecule has 0 bridgehead atoms. The van der Waals surface area contributed by atoms with Crippen LogP contribution in [0.1, 0.15) is 52.4 Å². The quantitative estimate of drug-likeness (QED) is 0.771. The molecule has 3 atom stereocenters. The van der Waals surface area contributed by atoms with Crippen molar-refractivity contribution in [3.8, 4) is 0 Å². The van der Waals surface area contributed by atoms with Crippen molar-refractivity contribution in [2.75, 3.05) is 26.8 Å². The lowest BCUT2D eigenvalue weighted by atomic mass is 9.76. The Balaban J connectivity index is 1.93. The molecular weight excluding hydrogens is 236 g/mol. The van der Waals surface area contributed by atoms with E-state index in [1.807, 2.05) is 0 Å². The predicted octanol–water partition coefficient (Wildman–Crippen LogP) is 2.64. The number of methoxy groups -OCH3 is 1. The van der Waals surface area contributed by atoms with E-state index in [4.69, 9.17) is 10.5 Å². The maximum atomic E-state index is 6.70. The number of hydrogen-bond donors (Lipinski definition) is 1. The first kappa shape index (κ1) is 15.3. The molecule has 0 aromatic carbocycles. The summed E-state index contributed by atoms with van der Waals surface area (Å²) in [5, 5.41) is 0. The molecule has 3 heteroatoms. The van der Waals surface area contributed by atoms with Crippen molar-refractivity contribution in [3.05, 3.63) is 0 Å². The van der Waals surface area contributed by atoms with Crippen molar-refractivity contribution in [1.82, 2.24) is 4.90 Å². The van der Waals surface area contributed by atoms with Crippen LogP contribution in [-0.2, 0) is 4.74 Å². The Hall–Kier alpha value is -0.120. The molecular formula is C16H32N2O. The fraction of sp³-hybridized carbons (Fsp3) is 1.00. The highest BCUT2D eigenvalue weighted by atomic mass is 16.5. The van der Waals surface area contributed by atoms with Gasteiger partial charge in [0.1, 0.15) is 0 Å². The van der Waals surface area contributed by atoms with Gasteiger partial charge >= 0.3 is 0 Å². The molecule has 0 saturated heterocycles. The van der Waals surface area contributed by atoms with E-state index < -0.39 is 0 Å². The minimum atomic E-state index is 0.0363. The third-order valence-electron chi connectivity index (χ3n) is 5.11. The van der Waals surface area contributed by atoms with E-state index in [1.54, 1.807) is 7.11 Å². The third kappa shape index (κ3) is 4.44. The molecule has 0 radical (unpaired) electrons. The van der Waals surface area contributed by atoms with Crippen molar-refractivity contribution >= 4 is 0 Å². The molecule has 19 heavy (non-hydrogen) atoms. The van der Waals surface area contributed by atoms with Gasteiger partial charge in [0.05, 0.1) is 6.61 Å². The predicted molar refractivity (Wildman–Crippen MR) is 80.2 cm³/mol. The van der Waals surface area contributed by atoms with Crippen LogP contribution in [0, 0.1) is 11.8 Å². The summed E-state index contributed by atoms with van der Waals surface area (Å²) in [5.41, 5.74) is 6.73. The van der Waals surface area contributed by atoms with Crippen molar-refractivity contribution in [1.29, 1.82) is 0 Å². The van der Waals surface area contributed by atoms with Crippen LogP contribution < -0.4 is 5.73 Å². The fourth-order valence-electron chi connectivity index (χ4n) is 3.76. The Morgan fingerprint density at radius 2 is 2.11 bits per heavy atom. The summed E-state index contributed by atoms with van der Waals surface area (Å²) in [6, 6.07) is 0.674. The number of nitrogens with zero attached hydrogens (tertiary/aromatic N) is 1. The molecule has 2 N–H and O–H groups in total. The molecule has 0 spiro atoms. The Morgan fingerprint density at radius 1 is 1.37 bits per heavy atom. The highest BCUT2D eigenvalue weighted by Crippen LogP contribution is 2.37. The first-order valence-electron chi connectivity index (χ1n) is 8.06. The van der Waals surface area contributed by atoms with Gasteiger partial charge in [-0.2, -0.15) is 0 Å². The molecule has 2 rings (SSSR count). The van der Waals surface area contributed by atoms with Gasteiger partial charge in [-0.3, -0.25) is 4.90 Å². The van der Waals surface area contributed by atoms with E-state index in [-0.39, 0.29) is 5.54 Å². The van der Waals surface area contributed by atoms with E-state index in [0.717, 1.165) is 31.5 Å². The highest BCUT2D eigenvalue weighted by Gasteiger charge is 2.37. The van der Waals surface area contributed by atoms with E-state index in [9.17, 15) is 0 Å². The lowest BCUT2D eigenvalue weighted by Gasteiger charge is -2.42. The van der Waals surface area contributed by atoms with Crippen LogP contribution >= 0.6 is 0 Å². The molecule has 2 saturated carbocycles. The number of hydrogen-bond acceptors (Lipinski definition) is 3. The summed E-state index contributed by atoms with van der Waals surface area (Å²) in [7, 11) is 1.79. The molecule has 0 aromatic heterocycles. The Labute approximate surface area is 118 Å². The minimum Gasteiger partial charge on any atom is -0.383 e. The van der Waals surface area contributed by atoms with Crippen LogP contribution in [0.3, 0.4) is 0 Å². The van der Waals surface area contributed by atoms with Gasteiger partial charge in [-0.05, 0) is 44.4 Å². The van der Waals surface area contributed by atoms with Crippen molar-refractivity contribution in [3.63, 3.8) is 0 Å². The van der Waals surface area contributed by atoms with Gasteiger partial charge in [0.25, 0.3) is 0 Å². The molecule has 0 heterocycles. The molecule has 3 nitrogen and oxygen atoms in total. The third-order valence-corrected chi connectivity index (χ3v) is 5.11. The largest absolute Gasteiger partial charge is 0.383 e. The topological polar surface area (TPSA) is 38.5 Å². The first-order chi connectivity index (χ1) is 9.04. The molecule has 2 aliphatic rings. The van der Waals surface area contributed by atoms with Gasteiger partial charge in [-0.25, -0.2) is 0 Å². The van der Waals surface area contributed by atoms with Crippen LogP contribution in [-0.4, -0.2) is 43.3 Å². The van der Waals surface area contributed by atoms with Crippen LogP contribution in [0.25, 0.3) is 0 Å². The van der Waals surface area contributed by atoms with Gasteiger partial charge in [-0.1, -0.05) is 19.8 Å². The molecule has 0 amide bonds. The van der Waals surface area contributed by atoms with E-state index in [1.165, 1.54) is 38.5 Å². The molecule has 0 aliphatic heterocycles. The standard InChI is InChI=1S/C16H32N2O/c1-13-5-4-8-16(17,11-13)12-18(9-10-19-3)14(2)15-6-7-15/h13-15H,4-12,17H2,1-3H3. The maximum Gasteiger partial charge on any atom is 0.0589 e. The van der Waals surface area contributed by atoms with Crippen LogP contribution in [0.2, 0.25) is 0 Å². The average Bonchev–Trinajstić information content (AvgIpc) is 3.17. The zero-order valence-corrected chi connectivity index (χ0v) is 13.0. The summed E-state index contributed by atoms with van der Waals surface area (Å²) in [6.07, 6.45) is 7.84. The van der Waals surface area contributed by atoms with Gasteiger partial charge in [0.2, 0.25) is 0 Å². The summed E-state index contributed by atoms with van der Waals surface area (Å²) < 4.78 is 5.28. The summed E-state index contributed by atoms with van der Waals surface area (Å²) in [4.78, 5) is 2.60. The number of rotatable bonds is 7. The monoisotopic (exact) mass is 268 g/mol. The van der Waals surface area contributed by atoms with Crippen LogP contribution in [0.5, 0.6) is 0 Å². The van der Waals surface area contributed by atoms with Gasteiger partial charge in [0.15, 0.2) is 0 Å². The van der Waals surface area contributed by atoms with Crippen LogP contribution in [0.15, 0.2) is 0 Å². The summed E-state index contributed by atoms with van der Waals surface area (Å²) in [6.45, 7) is 7.64. The van der Waals surface area contributed by atoms with E-state index in [0.29, 0.717) is 6.04 Å². The van der Waals surface area contributed by atoms with Gasteiger partial charge < -0.3 is 10.5 Å². The fourth-order valence-corrected chi connectivity index (χ4v) is 3.76. The highest BCUT2D eigenvalue weighted by molar-refractivity contribution is 4.95.